The summed E-state index contributed by atoms with van der Waals surface area (Å²) in [6.07, 6.45) is 1.96. The van der Waals surface area contributed by atoms with E-state index in [1.54, 1.807) is 4.90 Å². The number of hydrogen-bond acceptors (Lipinski definition) is 4. The Morgan fingerprint density at radius 1 is 1.26 bits per heavy atom. The molecule has 0 bridgehead atoms. The Hall–Kier alpha value is -0.700. The van der Waals surface area contributed by atoms with Crippen LogP contribution >= 0.6 is 0 Å². The highest BCUT2D eigenvalue weighted by molar-refractivity contribution is 7.86. The molecule has 2 rings (SSSR count). The van der Waals surface area contributed by atoms with Gasteiger partial charge in [0.15, 0.2) is 0 Å². The summed E-state index contributed by atoms with van der Waals surface area (Å²) in [5, 5.41) is 8.32. The highest BCUT2D eigenvalue weighted by atomic mass is 32.2. The van der Waals surface area contributed by atoms with Crippen molar-refractivity contribution in [3.05, 3.63) is 0 Å². The average Bonchev–Trinajstić information content (AvgIpc) is 2.37. The van der Waals surface area contributed by atoms with Crippen LogP contribution in [0.15, 0.2) is 0 Å². The lowest BCUT2D eigenvalue weighted by Crippen LogP contribution is -2.57. The number of nitrogens with one attached hydrogen (secondary N) is 1. The minimum atomic E-state index is -3.63. The fourth-order valence-corrected chi connectivity index (χ4v) is 3.35. The van der Waals surface area contributed by atoms with Gasteiger partial charge < -0.3 is 10.2 Å². The maximum atomic E-state index is 12.3. The molecule has 3 N–H and O–H groups in total. The van der Waals surface area contributed by atoms with E-state index in [0.717, 1.165) is 19.4 Å². The molecule has 0 aromatic carbocycles. The lowest BCUT2D eigenvalue weighted by Gasteiger charge is -2.37. The van der Waals surface area contributed by atoms with Crippen LogP contribution in [0.5, 0.6) is 0 Å². The molecule has 0 radical (unpaired) electrons. The van der Waals surface area contributed by atoms with Gasteiger partial charge in [-0.2, -0.15) is 12.7 Å². The van der Waals surface area contributed by atoms with Gasteiger partial charge in [-0.15, -0.1) is 0 Å². The SMILES string of the molecule is CC1CCNC(C(=O)N2CCN(S(N)(=O)=O)CC2)C1. The number of carbonyl (C=O) groups is 1. The summed E-state index contributed by atoms with van der Waals surface area (Å²) in [6.45, 7) is 4.43. The molecule has 8 heteroatoms. The van der Waals surface area contributed by atoms with Crippen molar-refractivity contribution in [3.8, 4) is 0 Å². The summed E-state index contributed by atoms with van der Waals surface area (Å²) < 4.78 is 23.6. The van der Waals surface area contributed by atoms with Crippen LogP contribution in [0.2, 0.25) is 0 Å². The molecule has 2 heterocycles. The molecular formula is C11H22N4O3S. The first-order valence-corrected chi connectivity index (χ1v) is 8.18. The lowest BCUT2D eigenvalue weighted by atomic mass is 9.93. The Kier molecular flexibility index (Phi) is 4.44. The Labute approximate surface area is 114 Å². The Balaban J connectivity index is 1.89. The van der Waals surface area contributed by atoms with Crippen LogP contribution in [0, 0.1) is 5.92 Å². The van der Waals surface area contributed by atoms with Gasteiger partial charge >= 0.3 is 0 Å². The van der Waals surface area contributed by atoms with Crippen molar-refractivity contribution in [2.45, 2.75) is 25.8 Å². The number of amides is 1. The molecule has 2 aliphatic rings. The zero-order valence-electron chi connectivity index (χ0n) is 11.2. The van der Waals surface area contributed by atoms with Gasteiger partial charge in [-0.25, -0.2) is 5.14 Å². The number of nitrogens with zero attached hydrogens (tertiary/aromatic N) is 2. The monoisotopic (exact) mass is 290 g/mol. The Bertz CT molecular complexity index is 431. The smallest absolute Gasteiger partial charge is 0.277 e. The fourth-order valence-electron chi connectivity index (χ4n) is 2.68. The Morgan fingerprint density at radius 3 is 2.42 bits per heavy atom. The van der Waals surface area contributed by atoms with Gasteiger partial charge in [0.1, 0.15) is 0 Å². The first-order chi connectivity index (χ1) is 8.88. The fraction of sp³-hybridized carbons (Fsp3) is 0.909. The number of rotatable bonds is 2. The first kappa shape index (κ1) is 14.7. The zero-order chi connectivity index (χ0) is 14.0. The van der Waals surface area contributed by atoms with Crippen molar-refractivity contribution < 1.29 is 13.2 Å². The van der Waals surface area contributed by atoms with Crippen molar-refractivity contribution in [1.82, 2.24) is 14.5 Å². The largest absolute Gasteiger partial charge is 0.339 e. The van der Waals surface area contributed by atoms with Gasteiger partial charge in [0, 0.05) is 26.2 Å². The third kappa shape index (κ3) is 3.65. The molecule has 110 valence electrons. The molecule has 2 aliphatic heterocycles. The minimum Gasteiger partial charge on any atom is -0.339 e. The van der Waals surface area contributed by atoms with E-state index < -0.39 is 10.2 Å². The van der Waals surface area contributed by atoms with E-state index >= 15 is 0 Å². The van der Waals surface area contributed by atoms with E-state index in [1.807, 2.05) is 0 Å². The number of carbonyl (C=O) groups excluding carboxylic acids is 1. The second-order valence-electron chi connectivity index (χ2n) is 5.41. The molecule has 0 aromatic rings. The second-order valence-corrected chi connectivity index (χ2v) is 6.95. The van der Waals surface area contributed by atoms with Crippen LogP contribution in [0.25, 0.3) is 0 Å². The predicted octanol–water partition coefficient (Wildman–Crippen LogP) is -1.28. The van der Waals surface area contributed by atoms with E-state index in [4.69, 9.17) is 5.14 Å². The molecule has 0 aromatic heterocycles. The molecule has 0 aliphatic carbocycles. The van der Waals surface area contributed by atoms with E-state index in [1.165, 1.54) is 4.31 Å². The minimum absolute atomic E-state index is 0.0839. The third-order valence-electron chi connectivity index (χ3n) is 3.87. The summed E-state index contributed by atoms with van der Waals surface area (Å²) in [4.78, 5) is 14.1. The van der Waals surface area contributed by atoms with Crippen molar-refractivity contribution in [2.24, 2.45) is 11.1 Å². The predicted molar refractivity (Wildman–Crippen MR) is 71.4 cm³/mol. The van der Waals surface area contributed by atoms with Gasteiger partial charge in [0.25, 0.3) is 10.2 Å². The van der Waals surface area contributed by atoms with E-state index in [0.29, 0.717) is 19.0 Å². The number of hydrogen-bond donors (Lipinski definition) is 2. The maximum Gasteiger partial charge on any atom is 0.277 e. The molecule has 0 saturated carbocycles. The molecular weight excluding hydrogens is 268 g/mol. The lowest BCUT2D eigenvalue weighted by molar-refractivity contribution is -0.135. The molecule has 2 atom stereocenters. The van der Waals surface area contributed by atoms with Crippen LogP contribution in [-0.4, -0.2) is 62.3 Å². The first-order valence-electron chi connectivity index (χ1n) is 6.68. The highest BCUT2D eigenvalue weighted by Gasteiger charge is 2.32. The van der Waals surface area contributed by atoms with Crippen molar-refractivity contribution in [2.75, 3.05) is 32.7 Å². The standard InChI is InChI=1S/C11H22N4O3S/c1-9-2-3-13-10(8-9)11(16)14-4-6-15(7-5-14)19(12,17)18/h9-10,13H,2-8H2,1H3,(H2,12,17,18). The van der Waals surface area contributed by atoms with Crippen LogP contribution in [0.1, 0.15) is 19.8 Å². The molecule has 2 fully saturated rings. The van der Waals surface area contributed by atoms with Crippen LogP contribution < -0.4 is 10.5 Å². The molecule has 0 spiro atoms. The second kappa shape index (κ2) is 5.74. The van der Waals surface area contributed by atoms with Gasteiger partial charge in [-0.3, -0.25) is 4.79 Å². The average molecular weight is 290 g/mol. The highest BCUT2D eigenvalue weighted by Crippen LogP contribution is 2.17. The molecule has 7 nitrogen and oxygen atoms in total. The van der Waals surface area contributed by atoms with Gasteiger partial charge in [0.05, 0.1) is 6.04 Å². The molecule has 2 unspecified atom stereocenters. The molecule has 2 saturated heterocycles. The summed E-state index contributed by atoms with van der Waals surface area (Å²) >= 11 is 0. The van der Waals surface area contributed by atoms with Crippen molar-refractivity contribution in [1.29, 1.82) is 0 Å². The zero-order valence-corrected chi connectivity index (χ0v) is 12.0. The third-order valence-corrected chi connectivity index (χ3v) is 4.96. The number of piperazine rings is 1. The van der Waals surface area contributed by atoms with E-state index in [2.05, 4.69) is 12.2 Å². The van der Waals surface area contributed by atoms with E-state index in [9.17, 15) is 13.2 Å². The topological polar surface area (TPSA) is 95.7 Å². The van der Waals surface area contributed by atoms with Gasteiger partial charge in [-0.05, 0) is 25.3 Å². The van der Waals surface area contributed by atoms with Gasteiger partial charge in [-0.1, -0.05) is 6.92 Å². The maximum absolute atomic E-state index is 12.3. The van der Waals surface area contributed by atoms with Crippen LogP contribution in [0.3, 0.4) is 0 Å². The Morgan fingerprint density at radius 2 is 1.89 bits per heavy atom. The number of piperidine rings is 1. The normalized spacial score (nSPS) is 30.3. The summed E-state index contributed by atoms with van der Waals surface area (Å²) in [5.74, 6) is 0.640. The van der Waals surface area contributed by atoms with Gasteiger partial charge in [0.2, 0.25) is 5.91 Å². The summed E-state index contributed by atoms with van der Waals surface area (Å²) in [7, 11) is -3.63. The van der Waals surface area contributed by atoms with Crippen LogP contribution in [-0.2, 0) is 15.0 Å². The molecule has 1 amide bonds. The van der Waals surface area contributed by atoms with Crippen LogP contribution in [0.4, 0.5) is 0 Å². The molecule has 19 heavy (non-hydrogen) atoms. The summed E-state index contributed by atoms with van der Waals surface area (Å²) in [6, 6.07) is -0.121. The quantitative estimate of drug-likeness (QED) is 0.662. The summed E-state index contributed by atoms with van der Waals surface area (Å²) in [5.41, 5.74) is 0. The van der Waals surface area contributed by atoms with Crippen molar-refractivity contribution in [3.63, 3.8) is 0 Å². The number of nitrogens with two attached hydrogens (primary N) is 1. The van der Waals surface area contributed by atoms with Crippen molar-refractivity contribution >= 4 is 16.1 Å². The van der Waals surface area contributed by atoms with E-state index in [-0.39, 0.29) is 25.0 Å².